The van der Waals surface area contributed by atoms with Crippen molar-refractivity contribution in [3.05, 3.63) is 29.8 Å². The van der Waals surface area contributed by atoms with Crippen molar-refractivity contribution in [2.24, 2.45) is 0 Å². The van der Waals surface area contributed by atoms with Crippen LogP contribution in [0.3, 0.4) is 0 Å². The molecule has 1 aliphatic carbocycles. The molecule has 0 aliphatic heterocycles. The summed E-state index contributed by atoms with van der Waals surface area (Å²) >= 11 is 5.74. The molecule has 2 rings (SSSR count). The van der Waals surface area contributed by atoms with Gasteiger partial charge in [0.1, 0.15) is 0 Å². The van der Waals surface area contributed by atoms with Crippen molar-refractivity contribution in [2.75, 3.05) is 27.7 Å². The third kappa shape index (κ3) is 3.26. The Labute approximate surface area is 132 Å². The molecule has 118 valence electrons. The van der Waals surface area contributed by atoms with Gasteiger partial charge in [0.05, 0.1) is 4.90 Å². The van der Waals surface area contributed by atoms with Crippen molar-refractivity contribution in [1.82, 2.24) is 9.21 Å². The van der Waals surface area contributed by atoms with Gasteiger partial charge in [0.15, 0.2) is 0 Å². The lowest BCUT2D eigenvalue weighted by Gasteiger charge is -2.48. The summed E-state index contributed by atoms with van der Waals surface area (Å²) < 4.78 is 26.8. The molecule has 0 spiro atoms. The third-order valence-corrected chi connectivity index (χ3v) is 6.66. The zero-order valence-electron chi connectivity index (χ0n) is 12.8. The lowest BCUT2D eigenvalue weighted by Crippen LogP contribution is -2.57. The SMILES string of the molecule is CN(C)C1(CN(C)S(=O)(=O)c2ccc(CCl)cc2)CCC1. The van der Waals surface area contributed by atoms with Crippen molar-refractivity contribution >= 4 is 21.6 Å². The Balaban J connectivity index is 2.18. The van der Waals surface area contributed by atoms with Crippen LogP contribution in [0.15, 0.2) is 29.2 Å². The van der Waals surface area contributed by atoms with Crippen molar-refractivity contribution in [3.63, 3.8) is 0 Å². The van der Waals surface area contributed by atoms with Gasteiger partial charge in [0.2, 0.25) is 10.0 Å². The molecule has 1 aromatic carbocycles. The van der Waals surface area contributed by atoms with E-state index in [1.807, 2.05) is 14.1 Å². The minimum Gasteiger partial charge on any atom is -0.302 e. The zero-order chi connectivity index (χ0) is 15.7. The molecule has 1 aromatic rings. The van der Waals surface area contributed by atoms with E-state index < -0.39 is 10.0 Å². The molecule has 0 amide bonds. The van der Waals surface area contributed by atoms with Crippen LogP contribution in [0.25, 0.3) is 0 Å². The summed E-state index contributed by atoms with van der Waals surface area (Å²) in [5.74, 6) is 0.389. The molecule has 0 aromatic heterocycles. The van der Waals surface area contributed by atoms with Crippen LogP contribution >= 0.6 is 11.6 Å². The zero-order valence-corrected chi connectivity index (χ0v) is 14.4. The van der Waals surface area contributed by atoms with Crippen molar-refractivity contribution in [1.29, 1.82) is 0 Å². The molecule has 0 radical (unpaired) electrons. The first-order valence-corrected chi connectivity index (χ1v) is 9.08. The number of alkyl halides is 1. The van der Waals surface area contributed by atoms with Gasteiger partial charge in [-0.05, 0) is 51.1 Å². The fourth-order valence-electron chi connectivity index (χ4n) is 2.76. The highest BCUT2D eigenvalue weighted by Crippen LogP contribution is 2.37. The molecular formula is C15H23ClN2O2S. The van der Waals surface area contributed by atoms with Crippen LogP contribution < -0.4 is 0 Å². The van der Waals surface area contributed by atoms with Crippen molar-refractivity contribution in [3.8, 4) is 0 Å². The van der Waals surface area contributed by atoms with Crippen LogP contribution in [0.4, 0.5) is 0 Å². The summed E-state index contributed by atoms with van der Waals surface area (Å²) in [6.45, 7) is 0.527. The van der Waals surface area contributed by atoms with E-state index in [1.54, 1.807) is 31.3 Å². The number of hydrogen-bond acceptors (Lipinski definition) is 3. The molecular weight excluding hydrogens is 308 g/mol. The molecule has 1 aliphatic rings. The maximum absolute atomic E-state index is 12.6. The Hall–Kier alpha value is -0.620. The lowest BCUT2D eigenvalue weighted by molar-refractivity contribution is 0.0455. The first-order chi connectivity index (χ1) is 9.82. The number of rotatable bonds is 6. The molecule has 21 heavy (non-hydrogen) atoms. The second-order valence-corrected chi connectivity index (χ2v) is 8.32. The summed E-state index contributed by atoms with van der Waals surface area (Å²) in [7, 11) is 2.26. The molecule has 0 atom stereocenters. The third-order valence-electron chi connectivity index (χ3n) is 4.54. The second kappa shape index (κ2) is 6.24. The number of benzene rings is 1. The van der Waals surface area contributed by atoms with Gasteiger partial charge in [-0.2, -0.15) is 4.31 Å². The van der Waals surface area contributed by atoms with Crippen LogP contribution in [0, 0.1) is 0 Å². The Kier molecular flexibility index (Phi) is 4.98. The minimum absolute atomic E-state index is 0.0160. The number of sulfonamides is 1. The molecule has 0 bridgehead atoms. The maximum atomic E-state index is 12.6. The highest BCUT2D eigenvalue weighted by molar-refractivity contribution is 7.89. The van der Waals surface area contributed by atoms with Crippen molar-refractivity contribution in [2.45, 2.75) is 35.6 Å². The van der Waals surface area contributed by atoms with E-state index >= 15 is 0 Å². The van der Waals surface area contributed by atoms with E-state index in [2.05, 4.69) is 4.90 Å². The summed E-state index contributed by atoms with van der Waals surface area (Å²) in [5, 5.41) is 0. The van der Waals surface area contributed by atoms with Crippen LogP contribution in [0.1, 0.15) is 24.8 Å². The lowest BCUT2D eigenvalue weighted by atomic mass is 9.75. The molecule has 0 N–H and O–H groups in total. The van der Waals surface area contributed by atoms with Gasteiger partial charge in [0.25, 0.3) is 0 Å². The van der Waals surface area contributed by atoms with Gasteiger partial charge in [-0.3, -0.25) is 0 Å². The first-order valence-electron chi connectivity index (χ1n) is 7.10. The van der Waals surface area contributed by atoms with Gasteiger partial charge in [0, 0.05) is 25.0 Å². The van der Waals surface area contributed by atoms with E-state index in [0.29, 0.717) is 17.3 Å². The van der Waals surface area contributed by atoms with Gasteiger partial charge < -0.3 is 4.90 Å². The van der Waals surface area contributed by atoms with Crippen LogP contribution in [-0.4, -0.2) is 50.8 Å². The highest BCUT2D eigenvalue weighted by atomic mass is 35.5. The monoisotopic (exact) mass is 330 g/mol. The Morgan fingerprint density at radius 2 is 1.71 bits per heavy atom. The fourth-order valence-corrected chi connectivity index (χ4v) is 4.19. The average molecular weight is 331 g/mol. The largest absolute Gasteiger partial charge is 0.302 e. The topological polar surface area (TPSA) is 40.6 Å². The Bertz CT molecular complexity index is 580. The minimum atomic E-state index is -3.44. The number of halogens is 1. The summed E-state index contributed by atoms with van der Waals surface area (Å²) in [6, 6.07) is 6.79. The number of nitrogens with zero attached hydrogens (tertiary/aromatic N) is 2. The summed E-state index contributed by atoms with van der Waals surface area (Å²) in [6.07, 6.45) is 3.26. The standard InChI is InChI=1S/C15H23ClN2O2S/c1-17(2)15(9-4-10-15)12-18(3)21(19,20)14-7-5-13(11-16)6-8-14/h5-8H,4,9-12H2,1-3H3. The smallest absolute Gasteiger partial charge is 0.242 e. The van der Waals surface area contributed by atoms with E-state index in [1.165, 1.54) is 4.31 Å². The normalized spacial score (nSPS) is 18.0. The predicted octanol–water partition coefficient (Wildman–Crippen LogP) is 2.53. The average Bonchev–Trinajstić information content (AvgIpc) is 2.42. The quantitative estimate of drug-likeness (QED) is 0.753. The molecule has 0 unspecified atom stereocenters. The molecule has 0 heterocycles. The molecule has 0 saturated heterocycles. The summed E-state index contributed by atoms with van der Waals surface area (Å²) in [5.41, 5.74) is 0.903. The van der Waals surface area contributed by atoms with Crippen LogP contribution in [0.2, 0.25) is 0 Å². The summed E-state index contributed by atoms with van der Waals surface area (Å²) in [4.78, 5) is 2.48. The predicted molar refractivity (Wildman–Crippen MR) is 86.1 cm³/mol. The van der Waals surface area contributed by atoms with E-state index in [4.69, 9.17) is 11.6 Å². The van der Waals surface area contributed by atoms with Crippen LogP contribution in [0.5, 0.6) is 0 Å². The van der Waals surface area contributed by atoms with Gasteiger partial charge in [-0.1, -0.05) is 12.1 Å². The first kappa shape index (κ1) is 16.7. The van der Waals surface area contributed by atoms with Crippen molar-refractivity contribution < 1.29 is 8.42 Å². The van der Waals surface area contributed by atoms with Gasteiger partial charge >= 0.3 is 0 Å². The second-order valence-electron chi connectivity index (χ2n) is 6.01. The Morgan fingerprint density at radius 1 is 1.14 bits per heavy atom. The van der Waals surface area contributed by atoms with E-state index in [9.17, 15) is 8.42 Å². The number of hydrogen-bond donors (Lipinski definition) is 0. The van der Waals surface area contributed by atoms with Gasteiger partial charge in [-0.25, -0.2) is 8.42 Å². The molecule has 1 saturated carbocycles. The Morgan fingerprint density at radius 3 is 2.10 bits per heavy atom. The van der Waals surface area contributed by atoms with Crippen LogP contribution in [-0.2, 0) is 15.9 Å². The van der Waals surface area contributed by atoms with E-state index in [0.717, 1.165) is 24.8 Å². The molecule has 4 nitrogen and oxygen atoms in total. The van der Waals surface area contributed by atoms with Gasteiger partial charge in [-0.15, -0.1) is 11.6 Å². The van der Waals surface area contributed by atoms with E-state index in [-0.39, 0.29) is 5.54 Å². The maximum Gasteiger partial charge on any atom is 0.242 e. The fraction of sp³-hybridized carbons (Fsp3) is 0.600. The highest BCUT2D eigenvalue weighted by Gasteiger charge is 2.42. The number of likely N-dealkylation sites (N-methyl/N-ethyl adjacent to an activating group) is 2. The molecule has 1 fully saturated rings. The molecule has 6 heteroatoms.